The van der Waals surface area contributed by atoms with Crippen molar-refractivity contribution >= 4 is 21.7 Å². The van der Waals surface area contributed by atoms with Gasteiger partial charge in [-0.2, -0.15) is 13.5 Å². The zero-order valence-corrected chi connectivity index (χ0v) is 16.2. The molecule has 3 N–H and O–H groups in total. The maximum atomic E-state index is 12.6. The van der Waals surface area contributed by atoms with E-state index in [1.807, 2.05) is 0 Å². The van der Waals surface area contributed by atoms with E-state index in [9.17, 15) is 13.2 Å². The molecule has 2 aromatic rings. The van der Waals surface area contributed by atoms with Gasteiger partial charge in [-0.25, -0.2) is 9.52 Å². The van der Waals surface area contributed by atoms with Gasteiger partial charge in [-0.3, -0.25) is 9.67 Å². The first-order valence-corrected chi connectivity index (χ1v) is 11.1. The predicted molar refractivity (Wildman–Crippen MR) is 102 cm³/mol. The number of anilines is 1. The van der Waals surface area contributed by atoms with Gasteiger partial charge in [0.2, 0.25) is 0 Å². The Labute approximate surface area is 163 Å². The number of rotatable bonds is 3. The van der Waals surface area contributed by atoms with Crippen molar-refractivity contribution in [2.45, 2.75) is 56.6 Å². The van der Waals surface area contributed by atoms with Crippen LogP contribution in [-0.4, -0.2) is 35.8 Å². The Kier molecular flexibility index (Phi) is 4.13. The van der Waals surface area contributed by atoms with Crippen LogP contribution in [0.2, 0.25) is 0 Å². The maximum absolute atomic E-state index is 12.6. The van der Waals surface area contributed by atoms with Gasteiger partial charge >= 0.3 is 6.03 Å². The van der Waals surface area contributed by atoms with Crippen LogP contribution in [0.1, 0.15) is 41.1 Å². The number of pyridine rings is 1. The molecule has 9 nitrogen and oxygen atoms in total. The summed E-state index contributed by atoms with van der Waals surface area (Å²) in [6, 6.07) is 0.752. The van der Waals surface area contributed by atoms with E-state index in [1.165, 1.54) is 6.07 Å². The van der Waals surface area contributed by atoms with Crippen molar-refractivity contribution in [2.24, 2.45) is 0 Å². The summed E-state index contributed by atoms with van der Waals surface area (Å²) in [7, 11) is -4.04. The van der Waals surface area contributed by atoms with E-state index in [-0.39, 0.29) is 5.03 Å². The van der Waals surface area contributed by atoms with Gasteiger partial charge in [0.25, 0.3) is 10.0 Å². The number of urea groups is 1. The normalized spacial score (nSPS) is 17.7. The fourth-order valence-electron chi connectivity index (χ4n) is 4.35. The third-order valence-corrected chi connectivity index (χ3v) is 6.84. The van der Waals surface area contributed by atoms with Crippen LogP contribution >= 0.6 is 0 Å². The minimum absolute atomic E-state index is 0.133. The van der Waals surface area contributed by atoms with Crippen LogP contribution in [0.3, 0.4) is 0 Å². The smallest absolute Gasteiger partial charge is 0.309 e. The highest BCUT2D eigenvalue weighted by atomic mass is 32.2. The highest BCUT2D eigenvalue weighted by molar-refractivity contribution is 7.90. The molecule has 0 saturated carbocycles. The molecular weight excluding hydrogens is 380 g/mol. The lowest BCUT2D eigenvalue weighted by Gasteiger charge is -2.15. The molecule has 0 fully saturated rings. The van der Waals surface area contributed by atoms with Crippen LogP contribution in [0, 0.1) is 0 Å². The fraction of sp³-hybridized carbons (Fsp3) is 0.500. The summed E-state index contributed by atoms with van der Waals surface area (Å²) in [5.41, 5.74) is 5.72. The van der Waals surface area contributed by atoms with E-state index in [2.05, 4.69) is 20.5 Å². The number of hydrogen-bond donors (Lipinski definition) is 3. The molecular formula is C18H22N6O3S. The molecule has 2 amide bonds. The minimum Gasteiger partial charge on any atom is -0.309 e. The van der Waals surface area contributed by atoms with Gasteiger partial charge in [0, 0.05) is 30.5 Å². The fourth-order valence-corrected chi connectivity index (χ4v) is 5.24. The van der Waals surface area contributed by atoms with Crippen LogP contribution in [0.4, 0.5) is 10.5 Å². The molecule has 1 aliphatic heterocycles. The zero-order valence-electron chi connectivity index (χ0n) is 15.4. The molecule has 3 aliphatic rings. The van der Waals surface area contributed by atoms with Gasteiger partial charge in [0.05, 0.1) is 17.9 Å². The quantitative estimate of drug-likeness (QED) is 0.701. The second kappa shape index (κ2) is 6.56. The van der Waals surface area contributed by atoms with Crippen molar-refractivity contribution in [3.8, 4) is 0 Å². The molecule has 10 heteroatoms. The largest absolute Gasteiger partial charge is 0.333 e. The lowest BCUT2D eigenvalue weighted by atomic mass is 10.1. The van der Waals surface area contributed by atoms with Gasteiger partial charge in [-0.05, 0) is 49.7 Å². The Hall–Kier alpha value is -2.46. The number of carbonyl (C=O) groups is 1. The van der Waals surface area contributed by atoms with E-state index >= 15 is 0 Å². The molecule has 0 bridgehead atoms. The summed E-state index contributed by atoms with van der Waals surface area (Å²) in [6.07, 6.45) is 5.55. The first-order valence-electron chi connectivity index (χ1n) is 9.66. The third-order valence-electron chi connectivity index (χ3n) is 5.64. The van der Waals surface area contributed by atoms with Crippen LogP contribution in [0.15, 0.2) is 11.1 Å². The van der Waals surface area contributed by atoms with Crippen LogP contribution < -0.4 is 15.4 Å². The second-order valence-corrected chi connectivity index (χ2v) is 9.11. The average molecular weight is 402 g/mol. The number of sulfonamides is 1. The summed E-state index contributed by atoms with van der Waals surface area (Å²) in [5.74, 6) is 0. The molecule has 0 spiro atoms. The Bertz CT molecular complexity index is 1020. The monoisotopic (exact) mass is 402 g/mol. The van der Waals surface area contributed by atoms with Crippen molar-refractivity contribution in [1.82, 2.24) is 24.8 Å². The van der Waals surface area contributed by atoms with Gasteiger partial charge in [-0.15, -0.1) is 0 Å². The molecule has 0 unspecified atom stereocenters. The number of carbonyl (C=O) groups excluding carboxylic acids is 1. The summed E-state index contributed by atoms with van der Waals surface area (Å²) >= 11 is 0. The van der Waals surface area contributed by atoms with Crippen molar-refractivity contribution < 1.29 is 13.2 Å². The molecule has 5 rings (SSSR count). The molecule has 148 valence electrons. The zero-order chi connectivity index (χ0) is 19.3. The summed E-state index contributed by atoms with van der Waals surface area (Å²) in [5, 5.41) is 9.98. The number of fused-ring (bicyclic) bond motifs is 3. The van der Waals surface area contributed by atoms with Crippen molar-refractivity contribution in [1.29, 1.82) is 0 Å². The lowest BCUT2D eigenvalue weighted by molar-refractivity contribution is 0.256. The average Bonchev–Trinajstić information content (AvgIpc) is 3.39. The molecule has 2 aliphatic carbocycles. The van der Waals surface area contributed by atoms with E-state index in [0.717, 1.165) is 79.0 Å². The molecule has 28 heavy (non-hydrogen) atoms. The van der Waals surface area contributed by atoms with Crippen LogP contribution in [-0.2, 0) is 48.8 Å². The number of amides is 2. The third kappa shape index (κ3) is 2.96. The second-order valence-electron chi connectivity index (χ2n) is 7.48. The van der Waals surface area contributed by atoms with Crippen molar-refractivity contribution in [2.75, 3.05) is 11.9 Å². The molecule has 0 radical (unpaired) electrons. The number of hydrogen-bond acceptors (Lipinski definition) is 6. The summed E-state index contributed by atoms with van der Waals surface area (Å²) < 4.78 is 29.1. The number of aryl methyl sites for hydroxylation is 2. The molecule has 2 aromatic heterocycles. The topological polar surface area (TPSA) is 118 Å². The standard InChI is InChI=1S/C18H22N6O3S/c25-18(23-28(26,27)16-9-11-10-19-7-8-24(11)22-16)21-17-12-3-1-5-14(12)20-15-6-2-4-13(15)17/h9,19H,1-8,10H2,(H2,20,21,23,25). The highest BCUT2D eigenvalue weighted by Crippen LogP contribution is 2.36. The van der Waals surface area contributed by atoms with Crippen molar-refractivity contribution in [3.05, 3.63) is 34.3 Å². The van der Waals surface area contributed by atoms with Crippen molar-refractivity contribution in [3.63, 3.8) is 0 Å². The number of nitrogens with zero attached hydrogens (tertiary/aromatic N) is 3. The number of aromatic nitrogens is 3. The first kappa shape index (κ1) is 17.6. The van der Waals surface area contributed by atoms with Crippen LogP contribution in [0.5, 0.6) is 0 Å². The van der Waals surface area contributed by atoms with Gasteiger partial charge in [0.15, 0.2) is 5.03 Å². The first-order chi connectivity index (χ1) is 13.5. The molecule has 0 aromatic carbocycles. The van der Waals surface area contributed by atoms with Gasteiger partial charge in [0.1, 0.15) is 0 Å². The Balaban J connectivity index is 1.39. The van der Waals surface area contributed by atoms with E-state index in [1.54, 1.807) is 4.68 Å². The van der Waals surface area contributed by atoms with Gasteiger partial charge in [-0.1, -0.05) is 0 Å². The Morgan fingerprint density at radius 1 is 1.11 bits per heavy atom. The lowest BCUT2D eigenvalue weighted by Crippen LogP contribution is -2.35. The molecule has 0 atom stereocenters. The SMILES string of the molecule is O=C(Nc1c2c(nc3c1CCC3)CCC2)NS(=O)(=O)c1cc2n(n1)CCNC2. The number of nitrogens with one attached hydrogen (secondary N) is 3. The van der Waals surface area contributed by atoms with E-state index < -0.39 is 16.1 Å². The Morgan fingerprint density at radius 3 is 2.50 bits per heavy atom. The minimum atomic E-state index is -4.04. The summed E-state index contributed by atoms with van der Waals surface area (Å²) in [6.45, 7) is 1.90. The molecule has 3 heterocycles. The molecule has 0 saturated heterocycles. The van der Waals surface area contributed by atoms with Crippen LogP contribution in [0.25, 0.3) is 0 Å². The van der Waals surface area contributed by atoms with E-state index in [0.29, 0.717) is 13.1 Å². The maximum Gasteiger partial charge on any atom is 0.333 e. The van der Waals surface area contributed by atoms with Gasteiger partial charge < -0.3 is 10.6 Å². The predicted octanol–water partition coefficient (Wildman–Crippen LogP) is 0.869. The highest BCUT2D eigenvalue weighted by Gasteiger charge is 2.28. The Morgan fingerprint density at radius 2 is 1.82 bits per heavy atom. The summed E-state index contributed by atoms with van der Waals surface area (Å²) in [4.78, 5) is 17.3. The van der Waals surface area contributed by atoms with E-state index in [4.69, 9.17) is 4.98 Å².